The van der Waals surface area contributed by atoms with Crippen LogP contribution < -0.4 is 10.6 Å². The largest absolute Gasteiger partial charge is 0.452 e. The molecule has 0 unspecified atom stereocenters. The van der Waals surface area contributed by atoms with E-state index in [1.807, 2.05) is 20.8 Å². The predicted molar refractivity (Wildman–Crippen MR) is 63.3 cm³/mol. The second kappa shape index (κ2) is 4.38. The van der Waals surface area contributed by atoms with Gasteiger partial charge in [0.05, 0.1) is 12.8 Å². The Bertz CT molecular complexity index is 385. The number of nitrogens with zero attached hydrogens (tertiary/aromatic N) is 2. The van der Waals surface area contributed by atoms with Gasteiger partial charge < -0.3 is 10.5 Å². The Labute approximate surface area is 95.2 Å². The first-order valence-corrected chi connectivity index (χ1v) is 4.96. The Morgan fingerprint density at radius 1 is 1.50 bits per heavy atom. The van der Waals surface area contributed by atoms with Crippen LogP contribution in [0.2, 0.25) is 0 Å². The van der Waals surface area contributed by atoms with Crippen LogP contribution in [-0.4, -0.2) is 23.7 Å². The van der Waals surface area contributed by atoms with Crippen LogP contribution in [0.15, 0.2) is 18.3 Å². The van der Waals surface area contributed by atoms with Crippen LogP contribution in [-0.2, 0) is 4.74 Å². The zero-order chi connectivity index (χ0) is 12.3. The molecular weight excluding hydrogens is 206 g/mol. The van der Waals surface area contributed by atoms with Crippen LogP contribution in [0.1, 0.15) is 20.8 Å². The Hall–Kier alpha value is -1.78. The molecule has 1 amide bonds. The van der Waals surface area contributed by atoms with Gasteiger partial charge in [-0.25, -0.2) is 9.78 Å². The quantitative estimate of drug-likeness (QED) is 0.791. The number of pyridine rings is 1. The summed E-state index contributed by atoms with van der Waals surface area (Å²) in [7, 11) is 1.34. The molecule has 5 nitrogen and oxygen atoms in total. The standard InChI is InChI=1S/C11H17N3O2/c1-11(2,3)14(10(15)16-4)8-6-5-7-13-9(8)12/h5-7H,1-4H3,(H2,12,13). The highest BCUT2D eigenvalue weighted by Crippen LogP contribution is 2.28. The van der Waals surface area contributed by atoms with Crippen molar-refractivity contribution >= 4 is 17.6 Å². The molecule has 88 valence electrons. The maximum absolute atomic E-state index is 11.7. The van der Waals surface area contributed by atoms with Crippen molar-refractivity contribution in [2.24, 2.45) is 0 Å². The van der Waals surface area contributed by atoms with Crippen LogP contribution in [0.3, 0.4) is 0 Å². The summed E-state index contributed by atoms with van der Waals surface area (Å²) in [5.41, 5.74) is 5.88. The van der Waals surface area contributed by atoms with E-state index in [1.165, 1.54) is 12.0 Å². The number of nitrogen functional groups attached to an aromatic ring is 1. The molecule has 0 fully saturated rings. The number of amides is 1. The Kier molecular flexibility index (Phi) is 3.37. The minimum atomic E-state index is -0.452. The highest BCUT2D eigenvalue weighted by molar-refractivity contribution is 5.92. The average molecular weight is 223 g/mol. The van der Waals surface area contributed by atoms with Gasteiger partial charge in [-0.1, -0.05) is 0 Å². The fraction of sp³-hybridized carbons (Fsp3) is 0.455. The number of nitrogens with two attached hydrogens (primary N) is 1. The lowest BCUT2D eigenvalue weighted by molar-refractivity contribution is 0.172. The molecule has 0 saturated carbocycles. The summed E-state index contributed by atoms with van der Waals surface area (Å²) >= 11 is 0. The topological polar surface area (TPSA) is 68.5 Å². The summed E-state index contributed by atoms with van der Waals surface area (Å²) in [6.45, 7) is 5.70. The molecule has 0 aliphatic rings. The summed E-state index contributed by atoms with van der Waals surface area (Å²) < 4.78 is 4.75. The monoisotopic (exact) mass is 223 g/mol. The first kappa shape index (κ1) is 12.3. The lowest BCUT2D eigenvalue weighted by Crippen LogP contribution is -2.46. The van der Waals surface area contributed by atoms with Crippen molar-refractivity contribution in [2.75, 3.05) is 17.7 Å². The van der Waals surface area contributed by atoms with Crippen LogP contribution >= 0.6 is 0 Å². The maximum atomic E-state index is 11.7. The van der Waals surface area contributed by atoms with Crippen molar-refractivity contribution < 1.29 is 9.53 Å². The first-order valence-electron chi connectivity index (χ1n) is 4.96. The van der Waals surface area contributed by atoms with Crippen molar-refractivity contribution in [1.29, 1.82) is 0 Å². The van der Waals surface area contributed by atoms with Crippen molar-refractivity contribution in [3.63, 3.8) is 0 Å². The number of anilines is 2. The fourth-order valence-corrected chi connectivity index (χ4v) is 1.42. The summed E-state index contributed by atoms with van der Waals surface area (Å²) in [5, 5.41) is 0. The molecule has 0 spiro atoms. The Morgan fingerprint density at radius 3 is 2.56 bits per heavy atom. The lowest BCUT2D eigenvalue weighted by atomic mass is 10.1. The summed E-state index contributed by atoms with van der Waals surface area (Å²) in [6, 6.07) is 3.47. The number of hydrogen-bond donors (Lipinski definition) is 1. The van der Waals surface area contributed by atoms with Gasteiger partial charge in [0.15, 0.2) is 0 Å². The number of carbonyl (C=O) groups is 1. The molecule has 0 aliphatic carbocycles. The molecular formula is C11H17N3O2. The van der Waals surface area contributed by atoms with Gasteiger partial charge in [0, 0.05) is 11.7 Å². The third-order valence-corrected chi connectivity index (χ3v) is 2.09. The predicted octanol–water partition coefficient (Wildman–Crippen LogP) is 2.04. The number of aromatic nitrogens is 1. The Morgan fingerprint density at radius 2 is 2.12 bits per heavy atom. The second-order valence-electron chi connectivity index (χ2n) is 4.38. The number of hydrogen-bond acceptors (Lipinski definition) is 4. The molecule has 2 N–H and O–H groups in total. The number of carbonyl (C=O) groups excluding carboxylic acids is 1. The van der Waals surface area contributed by atoms with Crippen LogP contribution in [0, 0.1) is 0 Å². The molecule has 16 heavy (non-hydrogen) atoms. The highest BCUT2D eigenvalue weighted by Gasteiger charge is 2.30. The molecule has 0 aliphatic heterocycles. The van der Waals surface area contributed by atoms with E-state index in [4.69, 9.17) is 10.5 Å². The molecule has 5 heteroatoms. The van der Waals surface area contributed by atoms with Crippen molar-refractivity contribution in [3.05, 3.63) is 18.3 Å². The van der Waals surface area contributed by atoms with Crippen LogP contribution in [0.25, 0.3) is 0 Å². The molecule has 0 bridgehead atoms. The zero-order valence-corrected chi connectivity index (χ0v) is 10.0. The zero-order valence-electron chi connectivity index (χ0n) is 10.0. The van der Waals surface area contributed by atoms with Gasteiger partial charge in [0.25, 0.3) is 0 Å². The minimum absolute atomic E-state index is 0.308. The third-order valence-electron chi connectivity index (χ3n) is 2.09. The van der Waals surface area contributed by atoms with E-state index in [9.17, 15) is 4.79 Å². The molecule has 1 aromatic rings. The van der Waals surface area contributed by atoms with E-state index in [1.54, 1.807) is 18.3 Å². The van der Waals surface area contributed by atoms with E-state index in [0.717, 1.165) is 0 Å². The number of ether oxygens (including phenoxy) is 1. The van der Waals surface area contributed by atoms with E-state index in [-0.39, 0.29) is 0 Å². The molecule has 1 aromatic heterocycles. The molecule has 1 heterocycles. The number of methoxy groups -OCH3 is 1. The average Bonchev–Trinajstić information content (AvgIpc) is 2.19. The SMILES string of the molecule is COC(=O)N(c1cccnc1N)C(C)(C)C. The summed E-state index contributed by atoms with van der Waals surface area (Å²) in [6.07, 6.45) is 1.13. The Balaban J connectivity index is 3.23. The second-order valence-corrected chi connectivity index (χ2v) is 4.38. The van der Waals surface area contributed by atoms with Crippen LogP contribution in [0.4, 0.5) is 16.3 Å². The van der Waals surface area contributed by atoms with Gasteiger partial charge in [0.1, 0.15) is 5.82 Å². The first-order chi connectivity index (χ1) is 7.38. The van der Waals surface area contributed by atoms with Gasteiger partial charge in [-0.05, 0) is 32.9 Å². The van der Waals surface area contributed by atoms with Gasteiger partial charge in [-0.3, -0.25) is 4.90 Å². The molecule has 0 saturated heterocycles. The van der Waals surface area contributed by atoms with Crippen molar-refractivity contribution in [3.8, 4) is 0 Å². The third kappa shape index (κ3) is 2.42. The minimum Gasteiger partial charge on any atom is -0.452 e. The smallest absolute Gasteiger partial charge is 0.414 e. The van der Waals surface area contributed by atoms with Crippen molar-refractivity contribution in [2.45, 2.75) is 26.3 Å². The molecule has 0 atom stereocenters. The fourth-order valence-electron chi connectivity index (χ4n) is 1.42. The highest BCUT2D eigenvalue weighted by atomic mass is 16.5. The van der Waals surface area contributed by atoms with Gasteiger partial charge >= 0.3 is 6.09 Å². The van der Waals surface area contributed by atoms with Gasteiger partial charge in [0.2, 0.25) is 0 Å². The van der Waals surface area contributed by atoms with E-state index >= 15 is 0 Å². The number of rotatable bonds is 1. The molecule has 0 aromatic carbocycles. The van der Waals surface area contributed by atoms with E-state index in [0.29, 0.717) is 11.5 Å². The van der Waals surface area contributed by atoms with Gasteiger partial charge in [-0.2, -0.15) is 0 Å². The lowest BCUT2D eigenvalue weighted by Gasteiger charge is -2.34. The molecule has 0 radical (unpaired) electrons. The normalized spacial score (nSPS) is 11.0. The summed E-state index contributed by atoms with van der Waals surface area (Å²) in [4.78, 5) is 17.2. The van der Waals surface area contributed by atoms with E-state index < -0.39 is 11.6 Å². The maximum Gasteiger partial charge on any atom is 0.414 e. The van der Waals surface area contributed by atoms with Crippen molar-refractivity contribution in [1.82, 2.24) is 4.98 Å². The van der Waals surface area contributed by atoms with E-state index in [2.05, 4.69) is 4.98 Å². The van der Waals surface area contributed by atoms with Gasteiger partial charge in [-0.15, -0.1) is 0 Å². The van der Waals surface area contributed by atoms with Crippen LogP contribution in [0.5, 0.6) is 0 Å². The molecule has 1 rings (SSSR count). The summed E-state index contributed by atoms with van der Waals surface area (Å²) in [5.74, 6) is 0.308.